The molecule has 0 aromatic carbocycles. The molecule has 0 rings (SSSR count). The monoisotopic (exact) mass is 791 g/mol. The van der Waals surface area contributed by atoms with Crippen molar-refractivity contribution in [3.8, 4) is 0 Å². The van der Waals surface area contributed by atoms with Crippen molar-refractivity contribution in [3.05, 3.63) is 12.2 Å². The van der Waals surface area contributed by atoms with Gasteiger partial charge in [0.05, 0.1) is 6.61 Å². The van der Waals surface area contributed by atoms with E-state index in [1.165, 1.54) is 212 Å². The molecular weight excluding hydrogens is 693 g/mol. The summed E-state index contributed by atoms with van der Waals surface area (Å²) in [6.45, 7) is 7.84. The van der Waals surface area contributed by atoms with E-state index in [0.29, 0.717) is 26.1 Å². The van der Waals surface area contributed by atoms with Crippen LogP contribution in [-0.4, -0.2) is 37.9 Å². The average molecular weight is 791 g/mol. The molecule has 0 aliphatic rings. The lowest BCUT2D eigenvalue weighted by atomic mass is 10.0. The van der Waals surface area contributed by atoms with Crippen molar-refractivity contribution < 1.29 is 23.8 Å². The van der Waals surface area contributed by atoms with E-state index in [1.807, 2.05) is 0 Å². The Morgan fingerprint density at radius 1 is 0.375 bits per heavy atom. The highest BCUT2D eigenvalue weighted by Crippen LogP contribution is 2.15. The molecule has 0 fully saturated rings. The van der Waals surface area contributed by atoms with Gasteiger partial charge < -0.3 is 14.2 Å². The molecule has 1 atom stereocenters. The number of carbonyl (C=O) groups excluding carboxylic acids is 2. The molecule has 0 radical (unpaired) electrons. The van der Waals surface area contributed by atoms with Crippen molar-refractivity contribution in [1.82, 2.24) is 0 Å². The Labute approximate surface area is 350 Å². The summed E-state index contributed by atoms with van der Waals surface area (Å²) in [6.07, 6.45) is 53.7. The predicted octanol–water partition coefficient (Wildman–Crippen LogP) is 16.7. The van der Waals surface area contributed by atoms with Gasteiger partial charge in [0.1, 0.15) is 6.61 Å². The van der Waals surface area contributed by atoms with Gasteiger partial charge in [0.15, 0.2) is 6.10 Å². The molecule has 0 N–H and O–H groups in total. The van der Waals surface area contributed by atoms with E-state index < -0.39 is 6.10 Å². The van der Waals surface area contributed by atoms with Gasteiger partial charge in [-0.2, -0.15) is 0 Å². The van der Waals surface area contributed by atoms with Gasteiger partial charge in [-0.1, -0.05) is 232 Å². The average Bonchev–Trinajstić information content (AvgIpc) is 3.20. The fourth-order valence-electron chi connectivity index (χ4n) is 7.51. The zero-order valence-corrected chi connectivity index (χ0v) is 38.2. The van der Waals surface area contributed by atoms with Crippen LogP contribution in [0.5, 0.6) is 0 Å². The topological polar surface area (TPSA) is 61.8 Å². The second kappa shape index (κ2) is 48.0. The van der Waals surface area contributed by atoms with Crippen LogP contribution in [0.25, 0.3) is 0 Å². The first-order valence-electron chi connectivity index (χ1n) is 25.2. The van der Waals surface area contributed by atoms with Crippen LogP contribution in [0.1, 0.15) is 278 Å². The maximum Gasteiger partial charge on any atom is 0.306 e. The Morgan fingerprint density at radius 2 is 0.696 bits per heavy atom. The Hall–Kier alpha value is -1.36. The number of unbranched alkanes of at least 4 members (excludes halogenated alkanes) is 34. The summed E-state index contributed by atoms with van der Waals surface area (Å²) < 4.78 is 17.3. The Kier molecular flexibility index (Phi) is 46.8. The van der Waals surface area contributed by atoms with Gasteiger partial charge in [-0.05, 0) is 44.9 Å². The van der Waals surface area contributed by atoms with Crippen molar-refractivity contribution in [1.29, 1.82) is 0 Å². The van der Waals surface area contributed by atoms with Crippen LogP contribution >= 0.6 is 0 Å². The lowest BCUT2D eigenvalue weighted by molar-refractivity contribution is -0.163. The summed E-state index contributed by atoms with van der Waals surface area (Å²) in [6, 6.07) is 0. The molecule has 0 aromatic heterocycles. The third-order valence-corrected chi connectivity index (χ3v) is 11.3. The van der Waals surface area contributed by atoms with Crippen molar-refractivity contribution in [2.45, 2.75) is 284 Å². The van der Waals surface area contributed by atoms with Gasteiger partial charge in [0.2, 0.25) is 0 Å². The zero-order chi connectivity index (χ0) is 40.7. The lowest BCUT2D eigenvalue weighted by Crippen LogP contribution is -2.30. The van der Waals surface area contributed by atoms with Crippen LogP contribution in [-0.2, 0) is 23.8 Å². The highest BCUT2D eigenvalue weighted by Gasteiger charge is 2.17. The van der Waals surface area contributed by atoms with Crippen LogP contribution < -0.4 is 0 Å². The summed E-state index contributed by atoms with van der Waals surface area (Å²) in [7, 11) is 0. The number of hydrogen-bond donors (Lipinski definition) is 0. The predicted molar refractivity (Wildman–Crippen MR) is 242 cm³/mol. The first-order chi connectivity index (χ1) is 27.6. The van der Waals surface area contributed by atoms with Gasteiger partial charge in [-0.25, -0.2) is 0 Å². The van der Waals surface area contributed by atoms with E-state index in [-0.39, 0.29) is 18.5 Å². The fourth-order valence-corrected chi connectivity index (χ4v) is 7.51. The zero-order valence-electron chi connectivity index (χ0n) is 38.2. The molecule has 0 aliphatic carbocycles. The van der Waals surface area contributed by atoms with Crippen molar-refractivity contribution >= 4 is 11.9 Å². The van der Waals surface area contributed by atoms with E-state index >= 15 is 0 Å². The first kappa shape index (κ1) is 54.6. The second-order valence-corrected chi connectivity index (χ2v) is 17.1. The van der Waals surface area contributed by atoms with Gasteiger partial charge in [0, 0.05) is 19.4 Å². The highest BCUT2D eigenvalue weighted by atomic mass is 16.6. The van der Waals surface area contributed by atoms with E-state index in [1.54, 1.807) is 0 Å². The molecule has 1 unspecified atom stereocenters. The first-order valence-corrected chi connectivity index (χ1v) is 25.2. The maximum absolute atomic E-state index is 12.6. The third-order valence-electron chi connectivity index (χ3n) is 11.3. The lowest BCUT2D eigenvalue weighted by Gasteiger charge is -2.18. The number of carbonyl (C=O) groups is 2. The third kappa shape index (κ3) is 45.3. The molecule has 0 spiro atoms. The SMILES string of the molecule is CCCCCCCC/C=C\CCCCCCCCCCCCOCC(COC(=O)CCCCCCCCCCCCCCC)OC(=O)CCCCCCCCC. The van der Waals surface area contributed by atoms with Gasteiger partial charge in [-0.3, -0.25) is 9.59 Å². The van der Waals surface area contributed by atoms with Crippen LogP contribution in [0.3, 0.4) is 0 Å². The Bertz CT molecular complexity index is 810. The normalized spacial score (nSPS) is 12.1. The van der Waals surface area contributed by atoms with E-state index in [2.05, 4.69) is 32.9 Å². The largest absolute Gasteiger partial charge is 0.462 e. The van der Waals surface area contributed by atoms with Crippen LogP contribution in [0.2, 0.25) is 0 Å². The Morgan fingerprint density at radius 3 is 1.09 bits per heavy atom. The summed E-state index contributed by atoms with van der Waals surface area (Å²) in [5.41, 5.74) is 0. The smallest absolute Gasteiger partial charge is 0.306 e. The molecule has 5 heteroatoms. The molecule has 0 heterocycles. The van der Waals surface area contributed by atoms with Crippen molar-refractivity contribution in [3.63, 3.8) is 0 Å². The van der Waals surface area contributed by atoms with E-state index in [4.69, 9.17) is 14.2 Å². The minimum atomic E-state index is -0.524. The summed E-state index contributed by atoms with van der Waals surface area (Å²) in [5.74, 6) is -0.386. The summed E-state index contributed by atoms with van der Waals surface area (Å²) >= 11 is 0. The number of hydrogen-bond acceptors (Lipinski definition) is 5. The van der Waals surface area contributed by atoms with E-state index in [0.717, 1.165) is 32.1 Å². The van der Waals surface area contributed by atoms with Crippen LogP contribution in [0, 0.1) is 0 Å². The summed E-state index contributed by atoms with van der Waals surface area (Å²) in [5, 5.41) is 0. The number of allylic oxidation sites excluding steroid dienone is 2. The molecule has 0 aliphatic heterocycles. The summed E-state index contributed by atoms with van der Waals surface area (Å²) in [4.78, 5) is 25.2. The van der Waals surface area contributed by atoms with Crippen molar-refractivity contribution in [2.24, 2.45) is 0 Å². The highest BCUT2D eigenvalue weighted by molar-refractivity contribution is 5.70. The minimum absolute atomic E-state index is 0.0932. The quantitative estimate of drug-likeness (QED) is 0.0349. The van der Waals surface area contributed by atoms with Crippen molar-refractivity contribution in [2.75, 3.05) is 19.8 Å². The number of esters is 2. The molecule has 56 heavy (non-hydrogen) atoms. The molecule has 0 bridgehead atoms. The Balaban J connectivity index is 4.04. The molecule has 0 aromatic rings. The molecule has 0 saturated carbocycles. The molecule has 5 nitrogen and oxygen atoms in total. The minimum Gasteiger partial charge on any atom is -0.462 e. The van der Waals surface area contributed by atoms with Gasteiger partial charge >= 0.3 is 11.9 Å². The molecule has 0 saturated heterocycles. The van der Waals surface area contributed by atoms with Gasteiger partial charge in [-0.15, -0.1) is 0 Å². The number of ether oxygens (including phenoxy) is 3. The van der Waals surface area contributed by atoms with Gasteiger partial charge in [0.25, 0.3) is 0 Å². The second-order valence-electron chi connectivity index (χ2n) is 17.1. The van der Waals surface area contributed by atoms with Crippen LogP contribution in [0.15, 0.2) is 12.2 Å². The maximum atomic E-state index is 12.6. The van der Waals surface area contributed by atoms with E-state index in [9.17, 15) is 9.59 Å². The fraction of sp³-hybridized carbons (Fsp3) is 0.922. The van der Waals surface area contributed by atoms with Crippen LogP contribution in [0.4, 0.5) is 0 Å². The molecule has 0 amide bonds. The molecule has 332 valence electrons. The number of rotatable bonds is 47. The molecular formula is C51H98O5. The standard InChI is InChI=1S/C51H98O5/c1-4-7-10-13-16-18-20-22-23-24-25-26-27-28-30-32-34-37-40-43-46-54-47-49(56-51(53)45-42-39-35-15-12-9-6-3)48-55-50(52)44-41-38-36-33-31-29-21-19-17-14-11-8-5-2/h22-23,49H,4-21,24-48H2,1-3H3/b23-22-.